The minimum Gasteiger partial charge on any atom is -0.493 e. The number of likely N-dealkylation sites (N-methyl/N-ethyl adjacent to an activating group) is 1. The Morgan fingerprint density at radius 1 is 1.09 bits per heavy atom. The summed E-state index contributed by atoms with van der Waals surface area (Å²) in [4.78, 5) is 29.0. The van der Waals surface area contributed by atoms with Crippen molar-refractivity contribution in [3.05, 3.63) is 78.6 Å². The summed E-state index contributed by atoms with van der Waals surface area (Å²) in [6.45, 7) is 1.31. The number of aromatic nitrogens is 3. The maximum Gasteiger partial charge on any atom is 0.325 e. The van der Waals surface area contributed by atoms with Gasteiger partial charge in [-0.05, 0) is 42.3 Å². The number of fused-ring (bicyclic) bond motifs is 1. The Balaban J connectivity index is 1.26. The lowest BCUT2D eigenvalue weighted by molar-refractivity contribution is -0.134. The van der Waals surface area contributed by atoms with Crippen LogP contribution in [0, 0.1) is 0 Å². The number of pyridine rings is 1. The molecule has 3 heterocycles. The highest BCUT2D eigenvalue weighted by molar-refractivity contribution is 5.82. The van der Waals surface area contributed by atoms with Crippen LogP contribution in [0.3, 0.4) is 0 Å². The molecule has 1 aliphatic rings. The van der Waals surface area contributed by atoms with E-state index >= 15 is 0 Å². The van der Waals surface area contributed by atoms with Crippen LogP contribution in [0.2, 0.25) is 0 Å². The van der Waals surface area contributed by atoms with Crippen molar-refractivity contribution in [2.45, 2.75) is 25.4 Å². The van der Waals surface area contributed by atoms with Gasteiger partial charge in [-0.2, -0.15) is 9.97 Å². The van der Waals surface area contributed by atoms with E-state index < -0.39 is 0 Å². The second-order valence-corrected chi connectivity index (χ2v) is 8.38. The van der Waals surface area contributed by atoms with Gasteiger partial charge < -0.3 is 19.6 Å². The molecule has 0 aliphatic carbocycles. The van der Waals surface area contributed by atoms with Gasteiger partial charge in [0.1, 0.15) is 5.75 Å². The van der Waals surface area contributed by atoms with Gasteiger partial charge in [0.25, 0.3) is 0 Å². The lowest BCUT2D eigenvalue weighted by Crippen LogP contribution is -2.48. The molecule has 4 aromatic rings. The highest BCUT2D eigenvalue weighted by Crippen LogP contribution is 2.28. The van der Waals surface area contributed by atoms with Crippen molar-refractivity contribution in [2.75, 3.05) is 18.5 Å². The number of rotatable bonds is 6. The molecule has 1 N–H and O–H groups in total. The number of piperidine rings is 1. The minimum absolute atomic E-state index is 0.0569. The fourth-order valence-corrected chi connectivity index (χ4v) is 4.22. The molecule has 2 aromatic carbocycles. The van der Waals surface area contributed by atoms with Crippen LogP contribution in [0.5, 0.6) is 17.6 Å². The zero-order chi connectivity index (χ0) is 23.5. The van der Waals surface area contributed by atoms with Crippen molar-refractivity contribution in [1.29, 1.82) is 0 Å². The largest absolute Gasteiger partial charge is 0.493 e. The first-order valence-corrected chi connectivity index (χ1v) is 11.2. The van der Waals surface area contributed by atoms with Gasteiger partial charge in [-0.25, -0.2) is 0 Å². The van der Waals surface area contributed by atoms with Crippen LogP contribution in [0.4, 0.5) is 5.69 Å². The average Bonchev–Trinajstić information content (AvgIpc) is 2.86. The Bertz CT molecular complexity index is 1300. The molecule has 0 saturated carbocycles. The summed E-state index contributed by atoms with van der Waals surface area (Å²) in [6, 6.07) is 19.6. The van der Waals surface area contributed by atoms with Gasteiger partial charge >= 0.3 is 6.01 Å². The summed E-state index contributed by atoms with van der Waals surface area (Å²) < 4.78 is 5.76. The van der Waals surface area contributed by atoms with E-state index in [1.54, 1.807) is 18.5 Å². The predicted octanol–water partition coefficient (Wildman–Crippen LogP) is 4.15. The Labute approximate surface area is 197 Å². The number of nitrogens with zero attached hydrogens (tertiary/aromatic N) is 5. The summed E-state index contributed by atoms with van der Waals surface area (Å²) >= 11 is 0. The third kappa shape index (κ3) is 4.61. The molecule has 0 spiro atoms. The van der Waals surface area contributed by atoms with E-state index in [0.717, 1.165) is 17.7 Å². The van der Waals surface area contributed by atoms with Crippen molar-refractivity contribution in [3.8, 4) is 17.6 Å². The zero-order valence-electron chi connectivity index (χ0n) is 18.8. The number of carbonyl (C=O) groups is 1. The molecular formula is C26H25N5O3. The second kappa shape index (κ2) is 9.35. The van der Waals surface area contributed by atoms with E-state index in [9.17, 15) is 9.90 Å². The first-order valence-electron chi connectivity index (χ1n) is 11.2. The molecule has 8 heteroatoms. The quantitative estimate of drug-likeness (QED) is 0.467. The number of hydrogen-bond acceptors (Lipinski definition) is 7. The zero-order valence-corrected chi connectivity index (χ0v) is 18.8. The molecule has 1 aliphatic heterocycles. The normalized spacial score (nSPS) is 16.0. The molecule has 0 radical (unpaired) electrons. The number of benzene rings is 2. The topological polar surface area (TPSA) is 91.7 Å². The summed E-state index contributed by atoms with van der Waals surface area (Å²) in [7, 11) is 2.05. The lowest BCUT2D eigenvalue weighted by Gasteiger charge is -2.38. The van der Waals surface area contributed by atoms with Gasteiger partial charge in [-0.3, -0.25) is 9.78 Å². The van der Waals surface area contributed by atoms with Gasteiger partial charge in [0, 0.05) is 44.5 Å². The molecule has 1 amide bonds. The van der Waals surface area contributed by atoms with Crippen molar-refractivity contribution >= 4 is 22.5 Å². The first-order chi connectivity index (χ1) is 16.6. The molecule has 1 unspecified atom stereocenters. The van der Waals surface area contributed by atoms with Gasteiger partial charge in [0.05, 0.1) is 17.1 Å². The maximum atomic E-state index is 12.5. The fourth-order valence-electron chi connectivity index (χ4n) is 4.22. The number of hydrogen-bond donors (Lipinski definition) is 1. The number of ether oxygens (including phenoxy) is 1. The van der Waals surface area contributed by atoms with Crippen LogP contribution < -0.4 is 9.64 Å². The molecule has 172 valence electrons. The van der Waals surface area contributed by atoms with E-state index in [4.69, 9.17) is 4.74 Å². The Kier molecular flexibility index (Phi) is 5.95. The van der Waals surface area contributed by atoms with Gasteiger partial charge in [0.2, 0.25) is 11.8 Å². The molecule has 1 atom stereocenters. The van der Waals surface area contributed by atoms with Crippen molar-refractivity contribution in [1.82, 2.24) is 19.9 Å². The van der Waals surface area contributed by atoms with Crippen LogP contribution in [-0.4, -0.2) is 50.5 Å². The van der Waals surface area contributed by atoms with E-state index in [1.165, 1.54) is 0 Å². The molecule has 0 bridgehead atoms. The Hall–Kier alpha value is -4.20. The smallest absolute Gasteiger partial charge is 0.325 e. The summed E-state index contributed by atoms with van der Waals surface area (Å²) in [6.07, 6.45) is 4.49. The highest BCUT2D eigenvalue weighted by Gasteiger charge is 2.28. The van der Waals surface area contributed by atoms with Gasteiger partial charge in [-0.1, -0.05) is 30.3 Å². The van der Waals surface area contributed by atoms with Crippen LogP contribution in [0.15, 0.2) is 73.1 Å². The molecular weight excluding hydrogens is 430 g/mol. The average molecular weight is 456 g/mol. The van der Waals surface area contributed by atoms with Crippen LogP contribution in [0.25, 0.3) is 10.9 Å². The minimum atomic E-state index is -0.148. The van der Waals surface area contributed by atoms with Gasteiger partial charge in [-0.15, -0.1) is 0 Å². The second-order valence-electron chi connectivity index (χ2n) is 8.38. The molecule has 1 saturated heterocycles. The number of carbonyl (C=O) groups excluding carboxylic acids is 1. The monoisotopic (exact) mass is 455 g/mol. The number of amides is 1. The number of aromatic hydroxyl groups is 1. The fraction of sp³-hybridized carbons (Fsp3) is 0.231. The predicted molar refractivity (Wildman–Crippen MR) is 129 cm³/mol. The number of anilines is 1. The maximum absolute atomic E-state index is 12.5. The lowest BCUT2D eigenvalue weighted by atomic mass is 10.0. The Morgan fingerprint density at radius 3 is 2.68 bits per heavy atom. The first kappa shape index (κ1) is 21.6. The molecule has 2 aromatic heterocycles. The van der Waals surface area contributed by atoms with Crippen LogP contribution >= 0.6 is 0 Å². The van der Waals surface area contributed by atoms with E-state index in [1.807, 2.05) is 47.4 Å². The number of likely N-dealkylation sites (tertiary alicyclic amines) is 1. The molecule has 34 heavy (non-hydrogen) atoms. The molecule has 8 nitrogen and oxygen atoms in total. The van der Waals surface area contributed by atoms with Gasteiger partial charge in [0.15, 0.2) is 0 Å². The van der Waals surface area contributed by atoms with Crippen LogP contribution in [0.1, 0.15) is 18.4 Å². The third-order valence-electron chi connectivity index (χ3n) is 6.15. The van der Waals surface area contributed by atoms with E-state index in [2.05, 4.69) is 39.0 Å². The standard InChI is InChI=1S/C26H25N5O3/c1-30(20-9-12-24(32)31(17-20)16-18-5-3-2-4-6-18)19-7-10-21(11-8-19)34-26-28-23-15-27-14-13-22(23)25(33)29-26/h2-8,10-11,13-15,20H,9,12,16-17H2,1H3,(H,28,29,33). The SMILES string of the molecule is CN(c1ccc(Oc2nc(O)c3ccncc3n2)cc1)C1CCC(=O)N(Cc2ccccc2)C1. The molecule has 1 fully saturated rings. The van der Waals surface area contributed by atoms with Crippen molar-refractivity contribution in [2.24, 2.45) is 0 Å². The summed E-state index contributed by atoms with van der Waals surface area (Å²) in [5.41, 5.74) is 2.67. The van der Waals surface area contributed by atoms with Crippen molar-refractivity contribution < 1.29 is 14.6 Å². The summed E-state index contributed by atoms with van der Waals surface area (Å²) in [5, 5.41) is 10.7. The van der Waals surface area contributed by atoms with Crippen LogP contribution in [-0.2, 0) is 11.3 Å². The third-order valence-corrected chi connectivity index (χ3v) is 6.15. The highest BCUT2D eigenvalue weighted by atomic mass is 16.5. The van der Waals surface area contributed by atoms with Crippen molar-refractivity contribution in [3.63, 3.8) is 0 Å². The van der Waals surface area contributed by atoms with E-state index in [-0.39, 0.29) is 23.8 Å². The molecule has 5 rings (SSSR count). The summed E-state index contributed by atoms with van der Waals surface area (Å²) in [5.74, 6) is 0.612. The van der Waals surface area contributed by atoms with E-state index in [0.29, 0.717) is 36.2 Å². The Morgan fingerprint density at radius 2 is 1.88 bits per heavy atom.